The minimum Gasteiger partial charge on any atom is -0.381 e. The Kier molecular flexibility index (Phi) is 6.78. The van der Waals surface area contributed by atoms with Gasteiger partial charge in [0.25, 0.3) is 0 Å². The van der Waals surface area contributed by atoms with Crippen molar-refractivity contribution < 1.29 is 33.2 Å². The van der Waals surface area contributed by atoms with E-state index in [1.807, 2.05) is 27.7 Å². The van der Waals surface area contributed by atoms with Crippen LogP contribution in [-0.4, -0.2) is 68.7 Å². The van der Waals surface area contributed by atoms with Crippen LogP contribution < -0.4 is 0 Å². The molecule has 4 bridgehead atoms. The summed E-state index contributed by atoms with van der Waals surface area (Å²) in [5.74, 6) is 1.72. The van der Waals surface area contributed by atoms with Crippen molar-refractivity contribution in [2.75, 3.05) is 26.4 Å². The highest BCUT2D eigenvalue weighted by atomic mass is 16.8. The summed E-state index contributed by atoms with van der Waals surface area (Å²) in [7, 11) is 0. The third-order valence-electron chi connectivity index (χ3n) is 9.24. The lowest BCUT2D eigenvalue weighted by atomic mass is 9.50. The Bertz CT molecular complexity index is 716. The van der Waals surface area contributed by atoms with Crippen LogP contribution in [0.15, 0.2) is 0 Å². The molecule has 35 heavy (non-hydrogen) atoms. The largest absolute Gasteiger partial charge is 0.381 e. The molecule has 7 fully saturated rings. The minimum atomic E-state index is -0.664. The van der Waals surface area contributed by atoms with Crippen molar-refractivity contribution in [1.29, 1.82) is 0 Å². The van der Waals surface area contributed by atoms with Gasteiger partial charge in [0.15, 0.2) is 17.9 Å². The van der Waals surface area contributed by atoms with E-state index in [1.54, 1.807) is 0 Å². The van der Waals surface area contributed by atoms with E-state index in [4.69, 9.17) is 33.2 Å². The summed E-state index contributed by atoms with van der Waals surface area (Å²) in [5, 5.41) is 0. The zero-order chi connectivity index (χ0) is 24.3. The molecule has 0 N–H and O–H groups in total. The fourth-order valence-electron chi connectivity index (χ4n) is 8.33. The van der Waals surface area contributed by atoms with Gasteiger partial charge in [0.05, 0.1) is 13.2 Å². The normalized spacial score (nSPS) is 47.0. The van der Waals surface area contributed by atoms with Crippen LogP contribution in [0.5, 0.6) is 0 Å². The molecule has 0 aromatic rings. The van der Waals surface area contributed by atoms with Gasteiger partial charge in [0, 0.05) is 13.2 Å². The Morgan fingerprint density at radius 1 is 0.743 bits per heavy atom. The van der Waals surface area contributed by atoms with Gasteiger partial charge in [-0.25, -0.2) is 0 Å². The molecule has 0 aromatic carbocycles. The van der Waals surface area contributed by atoms with E-state index >= 15 is 0 Å². The van der Waals surface area contributed by atoms with Crippen molar-refractivity contribution >= 4 is 0 Å². The van der Waals surface area contributed by atoms with Gasteiger partial charge in [-0.15, -0.1) is 0 Å². The lowest BCUT2D eigenvalue weighted by Crippen LogP contribution is -2.48. The van der Waals surface area contributed by atoms with E-state index in [2.05, 4.69) is 0 Å². The molecule has 7 nitrogen and oxygen atoms in total. The summed E-state index contributed by atoms with van der Waals surface area (Å²) in [6.45, 7) is 10.7. The average molecular weight is 495 g/mol. The number of ether oxygens (including phenoxy) is 7. The second-order valence-corrected chi connectivity index (χ2v) is 13.3. The van der Waals surface area contributed by atoms with Gasteiger partial charge in [-0.1, -0.05) is 0 Å². The van der Waals surface area contributed by atoms with Gasteiger partial charge in [-0.05, 0) is 109 Å². The highest BCUT2D eigenvalue weighted by molar-refractivity contribution is 5.01. The van der Waals surface area contributed by atoms with Crippen molar-refractivity contribution in [3.05, 3.63) is 0 Å². The first-order valence-corrected chi connectivity index (χ1v) is 14.2. The van der Waals surface area contributed by atoms with Crippen molar-refractivity contribution in [3.8, 4) is 0 Å². The first-order valence-electron chi connectivity index (χ1n) is 14.2. The Labute approximate surface area is 210 Å². The molecule has 200 valence electrons. The van der Waals surface area contributed by atoms with E-state index in [9.17, 15) is 0 Å². The predicted octanol–water partition coefficient (Wildman–Crippen LogP) is 4.80. The number of rotatable bonds is 10. The second kappa shape index (κ2) is 9.48. The summed E-state index contributed by atoms with van der Waals surface area (Å²) in [6.07, 6.45) is 10.6. The summed E-state index contributed by atoms with van der Waals surface area (Å²) in [4.78, 5) is 0. The average Bonchev–Trinajstić information content (AvgIpc) is 3.38. The molecular formula is C28H46O7. The Morgan fingerprint density at radius 3 is 2.09 bits per heavy atom. The van der Waals surface area contributed by atoms with Crippen molar-refractivity contribution in [1.82, 2.24) is 0 Å². The molecule has 5 atom stereocenters. The van der Waals surface area contributed by atoms with Gasteiger partial charge in [-0.3, -0.25) is 0 Å². The van der Waals surface area contributed by atoms with E-state index in [1.165, 1.54) is 38.5 Å². The predicted molar refractivity (Wildman–Crippen MR) is 129 cm³/mol. The smallest absolute Gasteiger partial charge is 0.190 e. The summed E-state index contributed by atoms with van der Waals surface area (Å²) < 4.78 is 42.8. The molecule has 3 saturated heterocycles. The van der Waals surface area contributed by atoms with E-state index in [-0.39, 0.29) is 24.4 Å². The zero-order valence-electron chi connectivity index (χ0n) is 22.2. The van der Waals surface area contributed by atoms with Gasteiger partial charge >= 0.3 is 0 Å². The van der Waals surface area contributed by atoms with E-state index in [0.717, 1.165) is 50.2 Å². The number of unbranched alkanes of at least 4 members (excludes halogenated alkanes) is 2. The van der Waals surface area contributed by atoms with Crippen LogP contribution in [0.3, 0.4) is 0 Å². The summed E-state index contributed by atoms with van der Waals surface area (Å²) in [6, 6.07) is 0. The molecule has 3 heterocycles. The lowest BCUT2D eigenvalue weighted by molar-refractivity contribution is -0.236. The lowest BCUT2D eigenvalue weighted by Gasteiger charge is -2.56. The summed E-state index contributed by atoms with van der Waals surface area (Å²) >= 11 is 0. The molecule has 7 heteroatoms. The highest BCUT2D eigenvalue weighted by Crippen LogP contribution is 2.60. The molecule has 0 spiro atoms. The van der Waals surface area contributed by atoms with Crippen LogP contribution in [0.1, 0.15) is 85.5 Å². The van der Waals surface area contributed by atoms with Crippen molar-refractivity contribution in [2.45, 2.75) is 128 Å². The number of fused-ring (bicyclic) bond motifs is 1. The standard InChI is InChI=1S/C28H46O7/c1-26(2)31-16-21(33-26)22-23(24-25(32-22)35-27(3,4)34-24)30-9-7-5-6-8-29-17-28-13-18-10-19(14-28)12-20(11-18)15-28/h18-25H,5-17H2,1-4H3/t18?,19?,20?,21-,22-,23+,24-,25-,28?/m1/s1. The molecule has 7 rings (SSSR count). The van der Waals surface area contributed by atoms with Crippen LogP contribution in [-0.2, 0) is 33.2 Å². The molecule has 7 aliphatic rings. The molecule has 0 amide bonds. The zero-order valence-corrected chi connectivity index (χ0v) is 22.2. The number of hydrogen-bond acceptors (Lipinski definition) is 7. The third kappa shape index (κ3) is 5.34. The monoisotopic (exact) mass is 494 g/mol. The van der Waals surface area contributed by atoms with Crippen LogP contribution in [0.2, 0.25) is 0 Å². The third-order valence-corrected chi connectivity index (χ3v) is 9.24. The second-order valence-electron chi connectivity index (χ2n) is 13.3. The fraction of sp³-hybridized carbons (Fsp3) is 1.00. The van der Waals surface area contributed by atoms with Gasteiger partial charge in [0.1, 0.15) is 24.4 Å². The maximum atomic E-state index is 6.37. The molecule has 4 aliphatic carbocycles. The molecule has 3 aliphatic heterocycles. The van der Waals surface area contributed by atoms with Crippen LogP contribution in [0.4, 0.5) is 0 Å². The molecule has 4 saturated carbocycles. The number of hydrogen-bond donors (Lipinski definition) is 0. The first-order chi connectivity index (χ1) is 16.7. The molecular weight excluding hydrogens is 448 g/mol. The Hall–Kier alpha value is -0.280. The van der Waals surface area contributed by atoms with Gasteiger partial charge < -0.3 is 33.2 Å². The highest BCUT2D eigenvalue weighted by Gasteiger charge is 2.59. The van der Waals surface area contributed by atoms with Gasteiger partial charge in [-0.2, -0.15) is 0 Å². The fourth-order valence-corrected chi connectivity index (χ4v) is 8.33. The molecule has 0 aromatic heterocycles. The topological polar surface area (TPSA) is 64.6 Å². The molecule has 0 unspecified atom stereocenters. The maximum Gasteiger partial charge on any atom is 0.190 e. The SMILES string of the molecule is CC1(C)O[C@H]2O[C@H]([C@H]3COC(C)(C)O3)[C@H](OCCCCCOCC34CC5CC(CC(C5)C3)C4)[C@H]2O1. The van der Waals surface area contributed by atoms with Crippen molar-refractivity contribution in [2.24, 2.45) is 23.2 Å². The van der Waals surface area contributed by atoms with Crippen molar-refractivity contribution in [3.63, 3.8) is 0 Å². The van der Waals surface area contributed by atoms with E-state index < -0.39 is 17.9 Å². The Morgan fingerprint density at radius 2 is 1.43 bits per heavy atom. The Balaban J connectivity index is 0.921. The van der Waals surface area contributed by atoms with Crippen LogP contribution in [0, 0.1) is 23.2 Å². The summed E-state index contributed by atoms with van der Waals surface area (Å²) in [5.41, 5.74) is 0.517. The minimum absolute atomic E-state index is 0.186. The van der Waals surface area contributed by atoms with Gasteiger partial charge in [0.2, 0.25) is 0 Å². The molecule has 0 radical (unpaired) electrons. The van der Waals surface area contributed by atoms with Crippen LogP contribution in [0.25, 0.3) is 0 Å². The van der Waals surface area contributed by atoms with E-state index in [0.29, 0.717) is 18.6 Å². The first kappa shape index (κ1) is 25.0. The van der Waals surface area contributed by atoms with Crippen LogP contribution >= 0.6 is 0 Å². The quantitative estimate of drug-likeness (QED) is 0.404. The maximum absolute atomic E-state index is 6.37.